The molecule has 0 fully saturated rings. The largest absolute Gasteiger partial charge is 0.456 e. The highest BCUT2D eigenvalue weighted by atomic mass is 19.1. The number of nitrogens with zero attached hydrogens (tertiary/aromatic N) is 1. The number of halogens is 1. The molecule has 2 aliphatic heterocycles. The lowest BCUT2D eigenvalue weighted by Gasteiger charge is -2.35. The third-order valence-corrected chi connectivity index (χ3v) is 4.30. The highest BCUT2D eigenvalue weighted by molar-refractivity contribution is 6.17. The van der Waals surface area contributed by atoms with Gasteiger partial charge >= 0.3 is 5.97 Å². The molecule has 0 aliphatic carbocycles. The molecule has 7 nitrogen and oxygen atoms in total. The van der Waals surface area contributed by atoms with Gasteiger partial charge in [0.2, 0.25) is 11.8 Å². The van der Waals surface area contributed by atoms with Crippen LogP contribution in [0.2, 0.25) is 0 Å². The Bertz CT molecular complexity index is 982. The molecule has 0 bridgehead atoms. The number of rotatable bonds is 1. The Hall–Kier alpha value is -3.34. The molecule has 1 aromatic rings. The summed E-state index contributed by atoms with van der Waals surface area (Å²) in [6, 6.07) is 5.48. The Morgan fingerprint density at radius 3 is 2.67 bits per heavy atom. The third-order valence-electron chi connectivity index (χ3n) is 4.30. The summed E-state index contributed by atoms with van der Waals surface area (Å²) in [4.78, 5) is 26.1. The fourth-order valence-corrected chi connectivity index (χ4v) is 3.39. The van der Waals surface area contributed by atoms with Crippen molar-refractivity contribution in [3.05, 3.63) is 52.4 Å². The summed E-state index contributed by atoms with van der Waals surface area (Å²) >= 11 is 0. The monoisotopic (exact) mass is 371 g/mol. The zero-order valence-electron chi connectivity index (χ0n) is 15.3. The van der Waals surface area contributed by atoms with Gasteiger partial charge in [0.05, 0.1) is 0 Å². The maximum Gasteiger partial charge on any atom is 0.339 e. The Kier molecular flexibility index (Phi) is 3.99. The zero-order chi connectivity index (χ0) is 20.1. The van der Waals surface area contributed by atoms with Crippen molar-refractivity contribution in [2.75, 3.05) is 5.32 Å². The van der Waals surface area contributed by atoms with E-state index in [0.717, 1.165) is 12.1 Å². The van der Waals surface area contributed by atoms with Crippen LogP contribution in [-0.4, -0.2) is 17.5 Å². The van der Waals surface area contributed by atoms with Crippen molar-refractivity contribution in [3.63, 3.8) is 0 Å². The van der Waals surface area contributed by atoms with E-state index in [9.17, 15) is 19.2 Å². The van der Waals surface area contributed by atoms with Crippen LogP contribution in [0.3, 0.4) is 0 Å². The van der Waals surface area contributed by atoms with E-state index in [1.165, 1.54) is 13.0 Å². The molecule has 0 saturated heterocycles. The summed E-state index contributed by atoms with van der Waals surface area (Å²) in [7, 11) is 0. The number of fused-ring (bicyclic) bond motifs is 2. The molecular weight excluding hydrogens is 353 g/mol. The molecule has 3 N–H and O–H groups in total. The maximum atomic E-state index is 13.7. The lowest BCUT2D eigenvalue weighted by molar-refractivity contribution is -0.151. The van der Waals surface area contributed by atoms with Gasteiger partial charge < -0.3 is 20.5 Å². The van der Waals surface area contributed by atoms with Gasteiger partial charge in [-0.25, -0.2) is 9.18 Å². The smallest absolute Gasteiger partial charge is 0.339 e. The van der Waals surface area contributed by atoms with E-state index in [-0.39, 0.29) is 34.0 Å². The van der Waals surface area contributed by atoms with E-state index in [0.29, 0.717) is 0 Å². The highest BCUT2D eigenvalue weighted by Gasteiger charge is 2.60. The summed E-state index contributed by atoms with van der Waals surface area (Å²) in [5, 5.41) is 12.2. The Morgan fingerprint density at radius 1 is 1.41 bits per heavy atom. The first-order chi connectivity index (χ1) is 12.5. The zero-order valence-corrected chi connectivity index (χ0v) is 15.3. The van der Waals surface area contributed by atoms with Gasteiger partial charge in [-0.1, -0.05) is 6.07 Å². The maximum absolute atomic E-state index is 13.7. The molecule has 140 valence electrons. The highest BCUT2D eigenvalue weighted by Crippen LogP contribution is 2.52. The molecule has 1 amide bonds. The second-order valence-corrected chi connectivity index (χ2v) is 7.28. The minimum Gasteiger partial charge on any atom is -0.456 e. The first-order valence-electron chi connectivity index (χ1n) is 8.16. The first kappa shape index (κ1) is 18.5. The number of allylic oxidation sites excluding steroid dienone is 1. The van der Waals surface area contributed by atoms with Gasteiger partial charge in [-0.2, -0.15) is 5.26 Å². The van der Waals surface area contributed by atoms with Crippen LogP contribution in [0.4, 0.5) is 10.1 Å². The molecule has 27 heavy (non-hydrogen) atoms. The van der Waals surface area contributed by atoms with Crippen molar-refractivity contribution in [2.24, 2.45) is 5.73 Å². The SMILES string of the molecule is CC1=C(C(=O)OC(C)(C)C)[C@]2(C(=O)Nc3cc(F)ccc32)C(C#N)=C(N)O1. The van der Waals surface area contributed by atoms with Crippen LogP contribution in [0.1, 0.15) is 33.3 Å². The van der Waals surface area contributed by atoms with Gasteiger partial charge in [0.1, 0.15) is 34.4 Å². The summed E-state index contributed by atoms with van der Waals surface area (Å²) in [6.07, 6.45) is 0. The quantitative estimate of drug-likeness (QED) is 0.733. The fourth-order valence-electron chi connectivity index (χ4n) is 3.39. The average molecular weight is 371 g/mol. The van der Waals surface area contributed by atoms with Crippen molar-refractivity contribution in [3.8, 4) is 6.07 Å². The second kappa shape index (κ2) is 5.84. The molecule has 1 aromatic carbocycles. The number of carbonyl (C=O) groups is 2. The Balaban J connectivity index is 2.34. The van der Waals surface area contributed by atoms with Crippen molar-refractivity contribution in [1.82, 2.24) is 0 Å². The molecule has 0 aromatic heterocycles. The summed E-state index contributed by atoms with van der Waals surface area (Å²) in [6.45, 7) is 6.47. The van der Waals surface area contributed by atoms with Gasteiger partial charge in [0.25, 0.3) is 0 Å². The number of hydrogen-bond acceptors (Lipinski definition) is 6. The molecule has 0 unspecified atom stereocenters. The van der Waals surface area contributed by atoms with Crippen LogP contribution in [0.25, 0.3) is 0 Å². The van der Waals surface area contributed by atoms with Crippen LogP contribution < -0.4 is 11.1 Å². The molecule has 0 saturated carbocycles. The number of ether oxygens (including phenoxy) is 2. The van der Waals surface area contributed by atoms with Gasteiger partial charge in [-0.05, 0) is 39.8 Å². The minimum atomic E-state index is -1.87. The van der Waals surface area contributed by atoms with Crippen LogP contribution >= 0.6 is 0 Å². The number of nitrogens with two attached hydrogens (primary N) is 1. The molecule has 0 radical (unpaired) electrons. The van der Waals surface area contributed by atoms with E-state index >= 15 is 0 Å². The number of anilines is 1. The van der Waals surface area contributed by atoms with Gasteiger partial charge in [0.15, 0.2) is 5.41 Å². The topological polar surface area (TPSA) is 114 Å². The number of benzene rings is 1. The second-order valence-electron chi connectivity index (χ2n) is 7.28. The van der Waals surface area contributed by atoms with Crippen molar-refractivity contribution in [2.45, 2.75) is 38.7 Å². The van der Waals surface area contributed by atoms with E-state index in [4.69, 9.17) is 15.2 Å². The predicted octanol–water partition coefficient (Wildman–Crippen LogP) is 2.36. The number of nitriles is 1. The van der Waals surface area contributed by atoms with E-state index in [1.54, 1.807) is 20.8 Å². The van der Waals surface area contributed by atoms with Crippen LogP contribution in [0.15, 0.2) is 41.0 Å². The number of hydrogen-bond donors (Lipinski definition) is 2. The normalized spacial score (nSPS) is 21.6. The standard InChI is InChI=1S/C19H18FN3O4/c1-9-14(16(24)27-18(2,3)4)19(12(8-21)15(22)26-9)11-6-5-10(20)7-13(11)23-17(19)25/h5-7H,22H2,1-4H3,(H,23,25)/t19-/m1/s1. The van der Waals surface area contributed by atoms with Crippen molar-refractivity contribution < 1.29 is 23.5 Å². The van der Waals surface area contributed by atoms with E-state index < -0.39 is 28.7 Å². The lowest BCUT2D eigenvalue weighted by Crippen LogP contribution is -2.46. The molecule has 1 spiro atoms. The lowest BCUT2D eigenvalue weighted by atomic mass is 9.68. The van der Waals surface area contributed by atoms with E-state index in [1.807, 2.05) is 6.07 Å². The van der Waals surface area contributed by atoms with Gasteiger partial charge in [-0.15, -0.1) is 0 Å². The molecule has 3 rings (SSSR count). The molecule has 2 heterocycles. The average Bonchev–Trinajstić information content (AvgIpc) is 2.77. The molecular formula is C19H18FN3O4. The molecule has 2 aliphatic rings. The van der Waals surface area contributed by atoms with Crippen LogP contribution in [0.5, 0.6) is 0 Å². The van der Waals surface area contributed by atoms with Crippen LogP contribution in [-0.2, 0) is 24.5 Å². The predicted molar refractivity (Wildman–Crippen MR) is 93.2 cm³/mol. The number of amides is 1. The number of carbonyl (C=O) groups excluding carboxylic acids is 2. The Morgan fingerprint density at radius 2 is 2.07 bits per heavy atom. The Labute approximate surface area is 155 Å². The summed E-state index contributed by atoms with van der Waals surface area (Å²) < 4.78 is 24.5. The van der Waals surface area contributed by atoms with Crippen molar-refractivity contribution in [1.29, 1.82) is 5.26 Å². The number of nitrogens with one attached hydrogen (secondary N) is 1. The van der Waals surface area contributed by atoms with E-state index in [2.05, 4.69) is 5.32 Å². The fraction of sp³-hybridized carbons (Fsp3) is 0.316. The molecule has 8 heteroatoms. The summed E-state index contributed by atoms with van der Waals surface area (Å²) in [5.74, 6) is -2.37. The van der Waals surface area contributed by atoms with Crippen molar-refractivity contribution >= 4 is 17.6 Å². The first-order valence-corrected chi connectivity index (χ1v) is 8.16. The third kappa shape index (κ3) is 2.63. The minimum absolute atomic E-state index is 0.0353. The van der Waals surface area contributed by atoms with Gasteiger partial charge in [-0.3, -0.25) is 4.79 Å². The summed E-state index contributed by atoms with van der Waals surface area (Å²) in [5.41, 5.74) is 3.11. The van der Waals surface area contributed by atoms with Gasteiger partial charge in [0, 0.05) is 11.3 Å². The number of esters is 1. The van der Waals surface area contributed by atoms with Crippen LogP contribution in [0, 0.1) is 17.1 Å². The molecule has 1 atom stereocenters.